The van der Waals surface area contributed by atoms with E-state index in [0.29, 0.717) is 22.1 Å². The topological polar surface area (TPSA) is 55.9 Å². The fourth-order valence-electron chi connectivity index (χ4n) is 2.09. The molecule has 0 aliphatic heterocycles. The summed E-state index contributed by atoms with van der Waals surface area (Å²) in [6.45, 7) is 4.77. The van der Waals surface area contributed by atoms with Crippen molar-refractivity contribution in [1.82, 2.24) is 9.78 Å². The third kappa shape index (κ3) is 2.94. The van der Waals surface area contributed by atoms with E-state index in [2.05, 4.69) is 17.3 Å². The van der Waals surface area contributed by atoms with E-state index in [9.17, 15) is 0 Å². The van der Waals surface area contributed by atoms with Gasteiger partial charge in [0.2, 0.25) is 0 Å². The van der Waals surface area contributed by atoms with Crippen molar-refractivity contribution >= 4 is 34.5 Å². The average Bonchev–Trinajstić information content (AvgIpc) is 2.61. The highest BCUT2D eigenvalue weighted by atomic mass is 35.5. The van der Waals surface area contributed by atoms with Crippen LogP contribution < -0.4 is 11.1 Å². The van der Waals surface area contributed by atoms with E-state index in [-0.39, 0.29) is 0 Å². The number of rotatable bonds is 4. The lowest BCUT2D eigenvalue weighted by Crippen LogP contribution is -2.10. The zero-order valence-electron chi connectivity index (χ0n) is 11.7. The van der Waals surface area contributed by atoms with Crippen molar-refractivity contribution in [3.8, 4) is 0 Å². The Morgan fingerprint density at radius 2 is 2.15 bits per heavy atom. The Bertz CT molecular complexity index is 663. The van der Waals surface area contributed by atoms with Gasteiger partial charge in [-0.2, -0.15) is 5.10 Å². The molecular weight excluding hydrogens is 292 g/mol. The number of hydrogen-bond donors (Lipinski definition) is 2. The van der Waals surface area contributed by atoms with Gasteiger partial charge in [0.25, 0.3) is 0 Å². The minimum absolute atomic E-state index is 0.306. The van der Waals surface area contributed by atoms with Crippen molar-refractivity contribution in [2.24, 2.45) is 12.8 Å². The van der Waals surface area contributed by atoms with Gasteiger partial charge in [-0.3, -0.25) is 4.68 Å². The van der Waals surface area contributed by atoms with E-state index in [0.717, 1.165) is 17.1 Å². The number of anilines is 1. The number of nitrogens with zero attached hydrogens (tertiary/aromatic N) is 2. The van der Waals surface area contributed by atoms with Crippen LogP contribution in [0.25, 0.3) is 0 Å². The SMILES string of the molecule is Cc1nn(C)c(C)c1CNc1ccc(C(N)=S)c(Cl)c1. The molecule has 0 amide bonds. The summed E-state index contributed by atoms with van der Waals surface area (Å²) in [5.41, 5.74) is 10.6. The molecule has 1 aromatic carbocycles. The Balaban J connectivity index is 2.15. The molecule has 0 aliphatic carbocycles. The van der Waals surface area contributed by atoms with Gasteiger partial charge in [0.15, 0.2) is 0 Å². The highest BCUT2D eigenvalue weighted by molar-refractivity contribution is 7.80. The number of benzene rings is 1. The molecule has 0 saturated carbocycles. The number of aromatic nitrogens is 2. The maximum absolute atomic E-state index is 6.15. The fourth-order valence-corrected chi connectivity index (χ4v) is 2.61. The van der Waals surface area contributed by atoms with Gasteiger partial charge in [-0.15, -0.1) is 0 Å². The van der Waals surface area contributed by atoms with Crippen LogP contribution in [0.5, 0.6) is 0 Å². The maximum atomic E-state index is 6.15. The van der Waals surface area contributed by atoms with Gasteiger partial charge in [0, 0.05) is 36.1 Å². The Hall–Kier alpha value is -1.59. The number of nitrogens with one attached hydrogen (secondary N) is 1. The first-order chi connectivity index (χ1) is 9.40. The van der Waals surface area contributed by atoms with Gasteiger partial charge in [-0.1, -0.05) is 23.8 Å². The van der Waals surface area contributed by atoms with Gasteiger partial charge in [0.05, 0.1) is 10.7 Å². The predicted molar refractivity (Wildman–Crippen MR) is 87.3 cm³/mol. The molecule has 2 aromatic rings. The number of hydrogen-bond acceptors (Lipinski definition) is 3. The van der Waals surface area contributed by atoms with Crippen LogP contribution >= 0.6 is 23.8 Å². The molecule has 6 heteroatoms. The van der Waals surface area contributed by atoms with E-state index in [1.54, 1.807) is 0 Å². The lowest BCUT2D eigenvalue weighted by atomic mass is 10.1. The van der Waals surface area contributed by atoms with Crippen molar-refractivity contribution in [2.75, 3.05) is 5.32 Å². The van der Waals surface area contributed by atoms with Crippen molar-refractivity contribution < 1.29 is 0 Å². The minimum Gasteiger partial charge on any atom is -0.389 e. The smallest absolute Gasteiger partial charge is 0.105 e. The molecule has 0 saturated heterocycles. The van der Waals surface area contributed by atoms with Crippen LogP contribution in [0.15, 0.2) is 18.2 Å². The lowest BCUT2D eigenvalue weighted by Gasteiger charge is -2.09. The van der Waals surface area contributed by atoms with Crippen LogP contribution in [0.1, 0.15) is 22.5 Å². The number of thiocarbonyl (C=S) groups is 1. The summed E-state index contributed by atoms with van der Waals surface area (Å²) >= 11 is 11.1. The third-order valence-electron chi connectivity index (χ3n) is 3.36. The first-order valence-corrected chi connectivity index (χ1v) is 7.01. The minimum atomic E-state index is 0.306. The van der Waals surface area contributed by atoms with Crippen molar-refractivity contribution in [2.45, 2.75) is 20.4 Å². The molecule has 3 N–H and O–H groups in total. The fraction of sp³-hybridized carbons (Fsp3) is 0.286. The summed E-state index contributed by atoms with van der Waals surface area (Å²) in [5.74, 6) is 0. The third-order valence-corrected chi connectivity index (χ3v) is 3.90. The van der Waals surface area contributed by atoms with Crippen molar-refractivity contribution in [1.29, 1.82) is 0 Å². The molecule has 0 spiro atoms. The highest BCUT2D eigenvalue weighted by Crippen LogP contribution is 2.22. The van der Waals surface area contributed by atoms with Crippen LogP contribution in [-0.4, -0.2) is 14.8 Å². The Morgan fingerprint density at radius 1 is 1.45 bits per heavy atom. The van der Waals surface area contributed by atoms with Crippen LogP contribution in [-0.2, 0) is 13.6 Å². The quantitative estimate of drug-likeness (QED) is 0.853. The van der Waals surface area contributed by atoms with Crippen LogP contribution in [0.3, 0.4) is 0 Å². The zero-order valence-corrected chi connectivity index (χ0v) is 13.3. The number of nitrogens with two attached hydrogens (primary N) is 1. The molecule has 0 unspecified atom stereocenters. The van der Waals surface area contributed by atoms with Gasteiger partial charge >= 0.3 is 0 Å². The molecule has 4 nitrogen and oxygen atoms in total. The number of halogens is 1. The summed E-state index contributed by atoms with van der Waals surface area (Å²) in [4.78, 5) is 0.306. The Labute approximate surface area is 128 Å². The van der Waals surface area contributed by atoms with E-state index in [1.165, 1.54) is 5.56 Å². The largest absolute Gasteiger partial charge is 0.389 e. The summed E-state index contributed by atoms with van der Waals surface area (Å²) in [5, 5.41) is 8.29. The Kier molecular flexibility index (Phi) is 4.30. The monoisotopic (exact) mass is 308 g/mol. The highest BCUT2D eigenvalue weighted by Gasteiger charge is 2.09. The summed E-state index contributed by atoms with van der Waals surface area (Å²) in [7, 11) is 1.94. The molecule has 1 aromatic heterocycles. The van der Waals surface area contributed by atoms with Gasteiger partial charge in [0.1, 0.15) is 4.99 Å². The van der Waals surface area contributed by atoms with E-state index >= 15 is 0 Å². The molecule has 1 heterocycles. The van der Waals surface area contributed by atoms with Gasteiger partial charge < -0.3 is 11.1 Å². The van der Waals surface area contributed by atoms with Gasteiger partial charge in [-0.25, -0.2) is 0 Å². The van der Waals surface area contributed by atoms with Crippen LogP contribution in [0.2, 0.25) is 5.02 Å². The molecule has 106 valence electrons. The molecule has 0 fully saturated rings. The molecular formula is C14H17ClN4S. The van der Waals surface area contributed by atoms with Gasteiger partial charge in [-0.05, 0) is 32.0 Å². The summed E-state index contributed by atoms with van der Waals surface area (Å²) in [6, 6.07) is 5.58. The van der Waals surface area contributed by atoms with Crippen molar-refractivity contribution in [3.05, 3.63) is 45.7 Å². The molecule has 0 radical (unpaired) electrons. The molecule has 0 atom stereocenters. The first-order valence-electron chi connectivity index (χ1n) is 6.22. The molecule has 2 rings (SSSR count). The number of aryl methyl sites for hydroxylation is 2. The second-order valence-electron chi connectivity index (χ2n) is 4.69. The van der Waals surface area contributed by atoms with E-state index in [4.69, 9.17) is 29.6 Å². The zero-order chi connectivity index (χ0) is 14.9. The average molecular weight is 309 g/mol. The standard InChI is InChI=1S/C14H17ClN4S/c1-8-12(9(2)19(3)18-8)7-17-10-4-5-11(14(16)20)13(15)6-10/h4-6,17H,7H2,1-3H3,(H2,16,20). The predicted octanol–water partition coefficient (Wildman–Crippen LogP) is 2.94. The lowest BCUT2D eigenvalue weighted by molar-refractivity contribution is 0.730. The Morgan fingerprint density at radius 3 is 2.65 bits per heavy atom. The van der Waals surface area contributed by atoms with Crippen LogP contribution in [0.4, 0.5) is 5.69 Å². The van der Waals surface area contributed by atoms with Crippen molar-refractivity contribution in [3.63, 3.8) is 0 Å². The molecule has 0 aliphatic rings. The van der Waals surface area contributed by atoms with E-state index in [1.807, 2.05) is 36.9 Å². The second-order valence-corrected chi connectivity index (χ2v) is 5.53. The molecule has 0 bridgehead atoms. The first kappa shape index (κ1) is 14.8. The second kappa shape index (κ2) is 5.81. The molecule has 20 heavy (non-hydrogen) atoms. The normalized spacial score (nSPS) is 10.6. The summed E-state index contributed by atoms with van der Waals surface area (Å²) in [6.07, 6.45) is 0. The van der Waals surface area contributed by atoms with Crippen LogP contribution in [0, 0.1) is 13.8 Å². The summed E-state index contributed by atoms with van der Waals surface area (Å²) < 4.78 is 1.88. The maximum Gasteiger partial charge on any atom is 0.105 e. The van der Waals surface area contributed by atoms with E-state index < -0.39 is 0 Å².